The van der Waals surface area contributed by atoms with Crippen molar-refractivity contribution >= 4 is 0 Å². The Bertz CT molecular complexity index is 486. The van der Waals surface area contributed by atoms with Gasteiger partial charge in [0.2, 0.25) is 0 Å². The molecule has 1 N–H and O–H groups in total. The van der Waals surface area contributed by atoms with Crippen LogP contribution in [0.3, 0.4) is 0 Å². The molecule has 1 heterocycles. The van der Waals surface area contributed by atoms with Gasteiger partial charge < -0.3 is 5.11 Å². The highest BCUT2D eigenvalue weighted by Crippen LogP contribution is 2.32. The van der Waals surface area contributed by atoms with Gasteiger partial charge in [0.1, 0.15) is 6.23 Å². The number of aliphatic hydroxyl groups excluding tert-OH is 1. The third-order valence-electron chi connectivity index (χ3n) is 4.07. The van der Waals surface area contributed by atoms with Crippen molar-refractivity contribution in [3.63, 3.8) is 0 Å². The van der Waals surface area contributed by atoms with Gasteiger partial charge in [-0.25, -0.2) is 0 Å². The van der Waals surface area contributed by atoms with Gasteiger partial charge in [-0.3, -0.25) is 4.90 Å². The van der Waals surface area contributed by atoms with Crippen LogP contribution < -0.4 is 0 Å². The fraction of sp³-hybridized carbons (Fsp3) is 0.333. The lowest BCUT2D eigenvalue weighted by Gasteiger charge is -2.39. The molecule has 104 valence electrons. The number of nitrogens with zero attached hydrogens (tertiary/aromatic N) is 1. The van der Waals surface area contributed by atoms with Crippen LogP contribution >= 0.6 is 0 Å². The maximum absolute atomic E-state index is 10.4. The van der Waals surface area contributed by atoms with E-state index in [-0.39, 0.29) is 12.3 Å². The maximum Gasteiger partial charge on any atom is 0.108 e. The topological polar surface area (TPSA) is 23.5 Å². The Kier molecular flexibility index (Phi) is 4.14. The second-order valence-electron chi connectivity index (χ2n) is 5.44. The standard InChI is InChI=1S/C18H21NO/c20-17-13-7-8-14-19(17)18(15-9-3-1-4-10-15)16-11-5-2-6-12-16/h1-6,9-12,17-18,20H,7-8,13-14H2. The van der Waals surface area contributed by atoms with Gasteiger partial charge in [-0.2, -0.15) is 0 Å². The molecular formula is C18H21NO. The summed E-state index contributed by atoms with van der Waals surface area (Å²) in [4.78, 5) is 2.23. The minimum atomic E-state index is -0.339. The van der Waals surface area contributed by atoms with Crippen LogP contribution in [0.5, 0.6) is 0 Å². The van der Waals surface area contributed by atoms with Crippen molar-refractivity contribution in [3.8, 4) is 0 Å². The molecule has 20 heavy (non-hydrogen) atoms. The highest BCUT2D eigenvalue weighted by Gasteiger charge is 2.29. The van der Waals surface area contributed by atoms with Crippen molar-refractivity contribution in [1.29, 1.82) is 0 Å². The first kappa shape index (κ1) is 13.3. The Morgan fingerprint density at radius 2 is 1.40 bits per heavy atom. The summed E-state index contributed by atoms with van der Waals surface area (Å²) in [5.74, 6) is 0. The van der Waals surface area contributed by atoms with E-state index in [1.54, 1.807) is 0 Å². The maximum atomic E-state index is 10.4. The predicted octanol–water partition coefficient (Wildman–Crippen LogP) is 3.58. The molecular weight excluding hydrogens is 246 g/mol. The summed E-state index contributed by atoms with van der Waals surface area (Å²) in [5, 5.41) is 10.4. The van der Waals surface area contributed by atoms with Crippen LogP contribution in [0.1, 0.15) is 36.4 Å². The predicted molar refractivity (Wildman–Crippen MR) is 81.3 cm³/mol. The van der Waals surface area contributed by atoms with Gasteiger partial charge in [0.25, 0.3) is 0 Å². The molecule has 2 nitrogen and oxygen atoms in total. The molecule has 1 atom stereocenters. The summed E-state index contributed by atoms with van der Waals surface area (Å²) in [6, 6.07) is 21.1. The van der Waals surface area contributed by atoms with Gasteiger partial charge in [0, 0.05) is 6.54 Å². The molecule has 0 saturated carbocycles. The van der Waals surface area contributed by atoms with Gasteiger partial charge in [-0.15, -0.1) is 0 Å². The van der Waals surface area contributed by atoms with Crippen LogP contribution in [0.25, 0.3) is 0 Å². The number of benzene rings is 2. The fourth-order valence-corrected chi connectivity index (χ4v) is 3.08. The minimum Gasteiger partial charge on any atom is -0.378 e. The highest BCUT2D eigenvalue weighted by atomic mass is 16.3. The molecule has 1 aliphatic rings. The van der Waals surface area contributed by atoms with Crippen LogP contribution in [-0.4, -0.2) is 22.8 Å². The third kappa shape index (κ3) is 2.77. The number of aliphatic hydroxyl groups is 1. The minimum absolute atomic E-state index is 0.146. The van der Waals surface area contributed by atoms with Crippen molar-refractivity contribution in [1.82, 2.24) is 4.90 Å². The van der Waals surface area contributed by atoms with Crippen molar-refractivity contribution < 1.29 is 5.11 Å². The third-order valence-corrected chi connectivity index (χ3v) is 4.07. The number of hydrogen-bond acceptors (Lipinski definition) is 2. The molecule has 2 aromatic carbocycles. The SMILES string of the molecule is OC1CCCCN1C(c1ccccc1)c1ccccc1. The first-order valence-electron chi connectivity index (χ1n) is 7.40. The normalized spacial score (nSPS) is 20.2. The average Bonchev–Trinajstić information content (AvgIpc) is 2.52. The fourth-order valence-electron chi connectivity index (χ4n) is 3.08. The van der Waals surface area contributed by atoms with E-state index in [9.17, 15) is 5.11 Å². The van der Waals surface area contributed by atoms with Gasteiger partial charge >= 0.3 is 0 Å². The first-order valence-corrected chi connectivity index (χ1v) is 7.40. The quantitative estimate of drug-likeness (QED) is 0.918. The molecule has 3 rings (SSSR count). The molecule has 0 amide bonds. The summed E-state index contributed by atoms with van der Waals surface area (Å²) >= 11 is 0. The van der Waals surface area contributed by atoms with Gasteiger partial charge in [-0.05, 0) is 30.4 Å². The Labute approximate surface area is 120 Å². The Hall–Kier alpha value is -1.64. The zero-order chi connectivity index (χ0) is 13.8. The number of rotatable bonds is 3. The van der Waals surface area contributed by atoms with E-state index in [1.165, 1.54) is 11.1 Å². The van der Waals surface area contributed by atoms with E-state index >= 15 is 0 Å². The zero-order valence-electron chi connectivity index (χ0n) is 11.7. The van der Waals surface area contributed by atoms with Crippen LogP contribution in [0.2, 0.25) is 0 Å². The van der Waals surface area contributed by atoms with E-state index in [0.29, 0.717) is 0 Å². The van der Waals surface area contributed by atoms with Crippen molar-refractivity contribution in [2.75, 3.05) is 6.54 Å². The van der Waals surface area contributed by atoms with Crippen LogP contribution in [0.4, 0.5) is 0 Å². The molecule has 2 aromatic rings. The molecule has 1 saturated heterocycles. The summed E-state index contributed by atoms with van der Waals surface area (Å²) in [6.45, 7) is 0.954. The Morgan fingerprint density at radius 1 is 0.850 bits per heavy atom. The first-order chi connectivity index (χ1) is 9.86. The van der Waals surface area contributed by atoms with Crippen LogP contribution in [0, 0.1) is 0 Å². The van der Waals surface area contributed by atoms with E-state index in [2.05, 4.69) is 53.4 Å². The Morgan fingerprint density at radius 3 is 1.90 bits per heavy atom. The molecule has 1 aliphatic heterocycles. The summed E-state index contributed by atoms with van der Waals surface area (Å²) in [6.07, 6.45) is 2.81. The lowest BCUT2D eigenvalue weighted by Crippen LogP contribution is -2.42. The lowest BCUT2D eigenvalue weighted by atomic mass is 9.94. The van der Waals surface area contributed by atoms with Crippen molar-refractivity contribution in [2.45, 2.75) is 31.5 Å². The van der Waals surface area contributed by atoms with E-state index in [1.807, 2.05) is 12.1 Å². The Balaban J connectivity index is 1.99. The molecule has 0 radical (unpaired) electrons. The molecule has 0 aromatic heterocycles. The average molecular weight is 267 g/mol. The lowest BCUT2D eigenvalue weighted by molar-refractivity contribution is -0.0421. The number of likely N-dealkylation sites (tertiary alicyclic amines) is 1. The molecule has 1 unspecified atom stereocenters. The molecule has 1 fully saturated rings. The molecule has 0 aliphatic carbocycles. The number of piperidine rings is 1. The number of hydrogen-bond donors (Lipinski definition) is 1. The second-order valence-corrected chi connectivity index (χ2v) is 5.44. The van der Waals surface area contributed by atoms with Gasteiger partial charge in [0.15, 0.2) is 0 Å². The molecule has 0 bridgehead atoms. The second kappa shape index (κ2) is 6.21. The zero-order valence-corrected chi connectivity index (χ0v) is 11.7. The molecule has 2 heteroatoms. The summed E-state index contributed by atoms with van der Waals surface area (Å²) in [7, 11) is 0. The van der Waals surface area contributed by atoms with E-state index in [0.717, 1.165) is 25.8 Å². The van der Waals surface area contributed by atoms with Crippen molar-refractivity contribution in [2.24, 2.45) is 0 Å². The largest absolute Gasteiger partial charge is 0.378 e. The van der Waals surface area contributed by atoms with Crippen molar-refractivity contribution in [3.05, 3.63) is 71.8 Å². The van der Waals surface area contributed by atoms with Gasteiger partial charge in [0.05, 0.1) is 6.04 Å². The summed E-state index contributed by atoms with van der Waals surface area (Å²) in [5.41, 5.74) is 2.50. The molecule has 0 spiro atoms. The summed E-state index contributed by atoms with van der Waals surface area (Å²) < 4.78 is 0. The monoisotopic (exact) mass is 267 g/mol. The highest BCUT2D eigenvalue weighted by molar-refractivity contribution is 5.32. The van der Waals surface area contributed by atoms with E-state index in [4.69, 9.17) is 0 Å². The van der Waals surface area contributed by atoms with E-state index < -0.39 is 0 Å². The van der Waals surface area contributed by atoms with Gasteiger partial charge in [-0.1, -0.05) is 60.7 Å². The van der Waals surface area contributed by atoms with Crippen LogP contribution in [0.15, 0.2) is 60.7 Å². The smallest absolute Gasteiger partial charge is 0.108 e. The van der Waals surface area contributed by atoms with Crippen LogP contribution in [-0.2, 0) is 0 Å².